The quantitative estimate of drug-likeness (QED) is 0.486. The minimum absolute atomic E-state index is 0.824. The molecule has 0 bridgehead atoms. The van der Waals surface area contributed by atoms with E-state index < -0.39 is 0 Å². The molecule has 1 heterocycles. The Balaban J connectivity index is 1.77. The first kappa shape index (κ1) is 13.9. The monoisotopic (exact) mass is 228 g/mol. The molecule has 1 fully saturated rings. The molecule has 4 heteroatoms. The van der Waals surface area contributed by atoms with E-state index >= 15 is 0 Å². The number of rotatable bonds is 9. The Bertz CT molecular complexity index is 146. The standard InChI is InChI=1S/C12H28N4/c13-5-1-2-6-14-7-3-4-10-16-11-8-15-9-12-16/h14-15H,1-13H2. The lowest BCUT2D eigenvalue weighted by Gasteiger charge is -2.27. The number of nitrogens with two attached hydrogens (primary N) is 1. The number of piperazine rings is 1. The maximum absolute atomic E-state index is 5.44. The first-order valence-electron chi connectivity index (χ1n) is 6.77. The smallest absolute Gasteiger partial charge is 0.0107 e. The molecule has 0 aliphatic carbocycles. The van der Waals surface area contributed by atoms with Crippen molar-refractivity contribution in [2.45, 2.75) is 25.7 Å². The second-order valence-electron chi connectivity index (χ2n) is 4.54. The van der Waals surface area contributed by atoms with Crippen LogP contribution in [-0.4, -0.2) is 57.3 Å². The molecule has 4 nitrogen and oxygen atoms in total. The molecule has 0 amide bonds. The zero-order valence-corrected chi connectivity index (χ0v) is 10.5. The van der Waals surface area contributed by atoms with Crippen molar-refractivity contribution in [1.82, 2.24) is 15.5 Å². The van der Waals surface area contributed by atoms with Crippen LogP contribution in [-0.2, 0) is 0 Å². The van der Waals surface area contributed by atoms with E-state index in [4.69, 9.17) is 5.73 Å². The van der Waals surface area contributed by atoms with E-state index in [1.165, 1.54) is 38.9 Å². The molecule has 0 aromatic rings. The molecular weight excluding hydrogens is 200 g/mol. The van der Waals surface area contributed by atoms with Gasteiger partial charge in [-0.15, -0.1) is 0 Å². The Morgan fingerprint density at radius 1 is 1.00 bits per heavy atom. The van der Waals surface area contributed by atoms with Crippen LogP contribution >= 0.6 is 0 Å². The van der Waals surface area contributed by atoms with Crippen molar-refractivity contribution in [1.29, 1.82) is 0 Å². The first-order chi connectivity index (χ1) is 7.93. The van der Waals surface area contributed by atoms with Gasteiger partial charge in [0.2, 0.25) is 0 Å². The zero-order valence-electron chi connectivity index (χ0n) is 10.5. The Hall–Kier alpha value is -0.160. The third-order valence-electron chi connectivity index (χ3n) is 3.10. The van der Waals surface area contributed by atoms with E-state index in [1.54, 1.807) is 0 Å². The molecule has 0 spiro atoms. The van der Waals surface area contributed by atoms with Crippen molar-refractivity contribution in [3.63, 3.8) is 0 Å². The predicted molar refractivity (Wildman–Crippen MR) is 69.7 cm³/mol. The van der Waals surface area contributed by atoms with Crippen LogP contribution in [0.5, 0.6) is 0 Å². The Kier molecular flexibility index (Phi) is 8.71. The predicted octanol–water partition coefficient (Wildman–Crippen LogP) is 0.000300. The van der Waals surface area contributed by atoms with Gasteiger partial charge < -0.3 is 21.3 Å². The molecule has 0 atom stereocenters. The van der Waals surface area contributed by atoms with Crippen molar-refractivity contribution in [3.8, 4) is 0 Å². The average Bonchev–Trinajstić information content (AvgIpc) is 2.34. The first-order valence-corrected chi connectivity index (χ1v) is 6.77. The second kappa shape index (κ2) is 10.0. The van der Waals surface area contributed by atoms with E-state index in [-0.39, 0.29) is 0 Å². The van der Waals surface area contributed by atoms with Gasteiger partial charge in [0.1, 0.15) is 0 Å². The molecular formula is C12H28N4. The topological polar surface area (TPSA) is 53.3 Å². The number of nitrogens with one attached hydrogen (secondary N) is 2. The summed E-state index contributed by atoms with van der Waals surface area (Å²) in [5, 5.41) is 6.85. The second-order valence-corrected chi connectivity index (χ2v) is 4.54. The third-order valence-corrected chi connectivity index (χ3v) is 3.10. The van der Waals surface area contributed by atoms with E-state index in [0.29, 0.717) is 0 Å². The summed E-state index contributed by atoms with van der Waals surface area (Å²) in [7, 11) is 0. The Labute approximate surface area is 99.9 Å². The molecule has 1 rings (SSSR count). The Morgan fingerprint density at radius 3 is 2.38 bits per heavy atom. The highest BCUT2D eigenvalue weighted by atomic mass is 15.2. The van der Waals surface area contributed by atoms with Crippen molar-refractivity contribution < 1.29 is 0 Å². The molecule has 16 heavy (non-hydrogen) atoms. The van der Waals surface area contributed by atoms with Crippen LogP contribution in [0, 0.1) is 0 Å². The fraction of sp³-hybridized carbons (Fsp3) is 1.00. The minimum atomic E-state index is 0.824. The molecule has 4 N–H and O–H groups in total. The maximum Gasteiger partial charge on any atom is 0.0107 e. The van der Waals surface area contributed by atoms with E-state index in [9.17, 15) is 0 Å². The minimum Gasteiger partial charge on any atom is -0.330 e. The van der Waals surface area contributed by atoms with E-state index in [2.05, 4.69) is 15.5 Å². The largest absolute Gasteiger partial charge is 0.330 e. The van der Waals surface area contributed by atoms with Crippen LogP contribution in [0.4, 0.5) is 0 Å². The fourth-order valence-electron chi connectivity index (χ4n) is 2.04. The van der Waals surface area contributed by atoms with Gasteiger partial charge in [-0.1, -0.05) is 0 Å². The maximum atomic E-state index is 5.44. The number of hydrogen-bond donors (Lipinski definition) is 3. The van der Waals surface area contributed by atoms with Gasteiger partial charge >= 0.3 is 0 Å². The van der Waals surface area contributed by atoms with E-state index in [1.807, 2.05) is 0 Å². The summed E-state index contributed by atoms with van der Waals surface area (Å²) in [5.41, 5.74) is 5.44. The van der Waals surface area contributed by atoms with Crippen LogP contribution in [0.25, 0.3) is 0 Å². The van der Waals surface area contributed by atoms with Gasteiger partial charge in [-0.25, -0.2) is 0 Å². The van der Waals surface area contributed by atoms with Crippen molar-refractivity contribution in [2.75, 3.05) is 52.4 Å². The van der Waals surface area contributed by atoms with Crippen LogP contribution in [0.3, 0.4) is 0 Å². The Morgan fingerprint density at radius 2 is 1.69 bits per heavy atom. The van der Waals surface area contributed by atoms with Crippen LogP contribution in [0.2, 0.25) is 0 Å². The zero-order chi connectivity index (χ0) is 11.5. The molecule has 0 saturated carbocycles. The summed E-state index contributed by atoms with van der Waals surface area (Å²) in [6.07, 6.45) is 4.98. The summed E-state index contributed by atoms with van der Waals surface area (Å²) >= 11 is 0. The highest BCUT2D eigenvalue weighted by Crippen LogP contribution is 1.96. The lowest BCUT2D eigenvalue weighted by atomic mass is 10.2. The van der Waals surface area contributed by atoms with Crippen molar-refractivity contribution in [2.24, 2.45) is 5.73 Å². The van der Waals surface area contributed by atoms with Crippen molar-refractivity contribution in [3.05, 3.63) is 0 Å². The molecule has 0 aromatic heterocycles. The van der Waals surface area contributed by atoms with Gasteiger partial charge in [0.05, 0.1) is 0 Å². The van der Waals surface area contributed by atoms with Crippen LogP contribution in [0.15, 0.2) is 0 Å². The van der Waals surface area contributed by atoms with Gasteiger partial charge in [-0.3, -0.25) is 0 Å². The van der Waals surface area contributed by atoms with Crippen molar-refractivity contribution >= 4 is 0 Å². The molecule has 0 unspecified atom stereocenters. The van der Waals surface area contributed by atoms with Gasteiger partial charge in [-0.05, 0) is 51.9 Å². The summed E-state index contributed by atoms with van der Waals surface area (Å²) in [6.45, 7) is 9.17. The SMILES string of the molecule is NCCCCNCCCCN1CCNCC1. The van der Waals surface area contributed by atoms with Crippen LogP contribution in [0.1, 0.15) is 25.7 Å². The number of unbranched alkanes of at least 4 members (excludes halogenated alkanes) is 2. The number of nitrogens with zero attached hydrogens (tertiary/aromatic N) is 1. The lowest BCUT2D eigenvalue weighted by Crippen LogP contribution is -2.43. The number of hydrogen-bond acceptors (Lipinski definition) is 4. The molecule has 1 aliphatic heterocycles. The highest BCUT2D eigenvalue weighted by Gasteiger charge is 2.07. The van der Waals surface area contributed by atoms with Crippen LogP contribution < -0.4 is 16.4 Å². The van der Waals surface area contributed by atoms with Gasteiger partial charge in [0.15, 0.2) is 0 Å². The normalized spacial score (nSPS) is 17.8. The summed E-state index contributed by atoms with van der Waals surface area (Å²) in [6, 6.07) is 0. The molecule has 0 radical (unpaired) electrons. The lowest BCUT2D eigenvalue weighted by molar-refractivity contribution is 0.236. The van der Waals surface area contributed by atoms with E-state index in [0.717, 1.165) is 39.1 Å². The van der Waals surface area contributed by atoms with Gasteiger partial charge in [-0.2, -0.15) is 0 Å². The highest BCUT2D eigenvalue weighted by molar-refractivity contribution is 4.67. The summed E-state index contributed by atoms with van der Waals surface area (Å²) < 4.78 is 0. The summed E-state index contributed by atoms with van der Waals surface area (Å²) in [5.74, 6) is 0. The summed E-state index contributed by atoms with van der Waals surface area (Å²) in [4.78, 5) is 2.56. The molecule has 0 aromatic carbocycles. The third kappa shape index (κ3) is 7.17. The van der Waals surface area contributed by atoms with Gasteiger partial charge in [0.25, 0.3) is 0 Å². The van der Waals surface area contributed by atoms with Gasteiger partial charge in [0, 0.05) is 26.2 Å². The molecule has 1 aliphatic rings. The average molecular weight is 228 g/mol. The fourth-order valence-corrected chi connectivity index (χ4v) is 2.04. The molecule has 96 valence electrons. The molecule has 1 saturated heterocycles.